The summed E-state index contributed by atoms with van der Waals surface area (Å²) in [5.41, 5.74) is 5.38. The van der Waals surface area contributed by atoms with Gasteiger partial charge in [-0.05, 0) is 24.0 Å². The second-order valence-electron chi connectivity index (χ2n) is 8.12. The van der Waals surface area contributed by atoms with Crippen LogP contribution in [0.3, 0.4) is 0 Å². The Morgan fingerprint density at radius 2 is 1.75 bits per heavy atom. The predicted octanol–water partition coefficient (Wildman–Crippen LogP) is 0.365. The molecule has 0 radical (unpaired) electrons. The van der Waals surface area contributed by atoms with Crippen LogP contribution in [0.1, 0.15) is 39.2 Å². The zero-order chi connectivity index (χ0) is 24.6. The second-order valence-corrected chi connectivity index (χ2v) is 9.18. The van der Waals surface area contributed by atoms with Gasteiger partial charge in [0, 0.05) is 17.7 Å². The molecule has 0 spiro atoms. The number of carboxylic acid groups (broad SMARTS) is 2. The zero-order valence-electron chi connectivity index (χ0n) is 18.0. The third kappa shape index (κ3) is 8.63. The van der Waals surface area contributed by atoms with E-state index in [1.165, 1.54) is 12.1 Å². The first-order valence-corrected chi connectivity index (χ1v) is 10.7. The van der Waals surface area contributed by atoms with Gasteiger partial charge in [-0.1, -0.05) is 20.8 Å². The van der Waals surface area contributed by atoms with Crippen LogP contribution in [0.25, 0.3) is 0 Å². The van der Waals surface area contributed by atoms with Crippen molar-refractivity contribution >= 4 is 35.5 Å². The molecule has 0 aliphatic carbocycles. The van der Waals surface area contributed by atoms with Gasteiger partial charge >= 0.3 is 11.9 Å². The SMILES string of the molecule is CC(C)(C)c1cc(O)cc(SC[C@H](NC(=O)CC[C@H](N)C(=O)O)C(=O)NCC(=O)O)c1O. The molecule has 0 fully saturated rings. The Hall–Kier alpha value is -2.99. The lowest BCUT2D eigenvalue weighted by Crippen LogP contribution is -2.49. The van der Waals surface area contributed by atoms with Gasteiger partial charge in [0.15, 0.2) is 0 Å². The van der Waals surface area contributed by atoms with Crippen LogP contribution >= 0.6 is 11.8 Å². The van der Waals surface area contributed by atoms with Gasteiger partial charge in [-0.3, -0.25) is 19.2 Å². The van der Waals surface area contributed by atoms with Crippen molar-refractivity contribution in [1.82, 2.24) is 10.6 Å². The van der Waals surface area contributed by atoms with Gasteiger partial charge in [0.25, 0.3) is 0 Å². The third-order valence-electron chi connectivity index (χ3n) is 4.34. The Labute approximate surface area is 189 Å². The minimum Gasteiger partial charge on any atom is -0.508 e. The number of hydrogen-bond donors (Lipinski definition) is 7. The normalized spacial score (nSPS) is 13.1. The van der Waals surface area contributed by atoms with Crippen molar-refractivity contribution in [2.45, 2.75) is 56.0 Å². The molecule has 2 atom stereocenters. The van der Waals surface area contributed by atoms with E-state index >= 15 is 0 Å². The fraction of sp³-hybridized carbons (Fsp3) is 0.500. The molecule has 11 nitrogen and oxygen atoms in total. The van der Waals surface area contributed by atoms with E-state index in [1.54, 1.807) is 0 Å². The van der Waals surface area contributed by atoms with Gasteiger partial charge in [-0.2, -0.15) is 0 Å². The molecule has 0 saturated carbocycles. The minimum atomic E-state index is -1.27. The number of phenolic OH excluding ortho intramolecular Hbond substituents is 2. The fourth-order valence-electron chi connectivity index (χ4n) is 2.59. The van der Waals surface area contributed by atoms with Crippen molar-refractivity contribution < 1.29 is 39.6 Å². The van der Waals surface area contributed by atoms with Gasteiger partial charge in [-0.25, -0.2) is 0 Å². The van der Waals surface area contributed by atoms with Gasteiger partial charge in [0.2, 0.25) is 11.8 Å². The maximum atomic E-state index is 12.4. The summed E-state index contributed by atoms with van der Waals surface area (Å²) >= 11 is 0.982. The van der Waals surface area contributed by atoms with Crippen molar-refractivity contribution in [3.63, 3.8) is 0 Å². The Bertz CT molecular complexity index is 869. The Kier molecular flexibility index (Phi) is 9.79. The number of thioether (sulfide) groups is 1. The molecule has 8 N–H and O–H groups in total. The molecule has 0 unspecified atom stereocenters. The number of carboxylic acids is 2. The standard InChI is InChI=1S/C20H29N3O8S/c1-20(2,3)11-6-10(24)7-14(17(11)28)32-9-13(18(29)22-8-16(26)27)23-15(25)5-4-12(21)19(30)31/h6-7,12-13,24,28H,4-5,8-9,21H2,1-3H3,(H,22,29)(H,23,25)(H,26,27)(H,30,31)/t12-,13-/m0/s1. The summed E-state index contributed by atoms with van der Waals surface area (Å²) in [6.07, 6.45) is -0.410. The number of amides is 2. The van der Waals surface area contributed by atoms with Crippen LogP contribution in [-0.2, 0) is 24.6 Å². The highest BCUT2D eigenvalue weighted by atomic mass is 32.2. The van der Waals surface area contributed by atoms with E-state index in [0.29, 0.717) is 5.56 Å². The van der Waals surface area contributed by atoms with E-state index in [-0.39, 0.29) is 35.0 Å². The van der Waals surface area contributed by atoms with Crippen molar-refractivity contribution in [1.29, 1.82) is 0 Å². The summed E-state index contributed by atoms with van der Waals surface area (Å²) in [6, 6.07) is 0.321. The maximum absolute atomic E-state index is 12.4. The molecule has 1 aromatic carbocycles. The van der Waals surface area contributed by atoms with Gasteiger partial charge < -0.3 is 36.8 Å². The molecule has 0 bridgehead atoms. The zero-order valence-corrected chi connectivity index (χ0v) is 18.9. The number of benzene rings is 1. The van der Waals surface area contributed by atoms with Crippen LogP contribution in [0, 0.1) is 0 Å². The number of hydrogen-bond acceptors (Lipinski definition) is 8. The highest BCUT2D eigenvalue weighted by molar-refractivity contribution is 7.99. The summed E-state index contributed by atoms with van der Waals surface area (Å²) in [6.45, 7) is 4.88. The molecule has 0 aliphatic rings. The quantitative estimate of drug-likeness (QED) is 0.175. The van der Waals surface area contributed by atoms with E-state index in [9.17, 15) is 29.4 Å². The smallest absolute Gasteiger partial charge is 0.322 e. The lowest BCUT2D eigenvalue weighted by Gasteiger charge is -2.23. The molecule has 1 rings (SSSR count). The van der Waals surface area contributed by atoms with E-state index in [1.807, 2.05) is 20.8 Å². The number of nitrogens with one attached hydrogen (secondary N) is 2. The van der Waals surface area contributed by atoms with Crippen LogP contribution in [0.4, 0.5) is 0 Å². The lowest BCUT2D eigenvalue weighted by atomic mass is 9.86. The maximum Gasteiger partial charge on any atom is 0.322 e. The molecule has 0 saturated heterocycles. The number of rotatable bonds is 11. The van der Waals surface area contributed by atoms with Crippen molar-refractivity contribution in [3.05, 3.63) is 17.7 Å². The average molecular weight is 472 g/mol. The average Bonchev–Trinajstić information content (AvgIpc) is 2.68. The third-order valence-corrected chi connectivity index (χ3v) is 5.46. The minimum absolute atomic E-state index is 0.0799. The highest BCUT2D eigenvalue weighted by Gasteiger charge is 2.25. The topological polar surface area (TPSA) is 199 Å². The summed E-state index contributed by atoms with van der Waals surface area (Å²) in [5, 5.41) is 42.8. The van der Waals surface area contributed by atoms with Crippen LogP contribution in [0.5, 0.6) is 11.5 Å². The van der Waals surface area contributed by atoms with E-state index in [2.05, 4.69) is 10.6 Å². The molecule has 0 aromatic heterocycles. The fourth-order valence-corrected chi connectivity index (χ4v) is 3.63. The number of carbonyl (C=O) groups excluding carboxylic acids is 2. The second kappa shape index (κ2) is 11.6. The van der Waals surface area contributed by atoms with Crippen molar-refractivity contribution in [2.24, 2.45) is 5.73 Å². The molecule has 2 amide bonds. The number of nitrogens with two attached hydrogens (primary N) is 1. The molecular formula is C20H29N3O8S. The first-order chi connectivity index (χ1) is 14.7. The molecule has 0 heterocycles. The summed E-state index contributed by atoms with van der Waals surface area (Å²) < 4.78 is 0. The Balaban J connectivity index is 2.98. The molecular weight excluding hydrogens is 442 g/mol. The highest BCUT2D eigenvalue weighted by Crippen LogP contribution is 2.41. The van der Waals surface area contributed by atoms with Gasteiger partial charge in [-0.15, -0.1) is 11.8 Å². The summed E-state index contributed by atoms with van der Waals surface area (Å²) in [5.74, 6) is -4.22. The van der Waals surface area contributed by atoms with Crippen molar-refractivity contribution in [3.8, 4) is 11.5 Å². The monoisotopic (exact) mass is 471 g/mol. The molecule has 1 aromatic rings. The molecule has 0 aliphatic heterocycles. The van der Waals surface area contributed by atoms with Crippen LogP contribution in [0.15, 0.2) is 17.0 Å². The number of phenols is 2. The van der Waals surface area contributed by atoms with E-state index in [4.69, 9.17) is 15.9 Å². The van der Waals surface area contributed by atoms with Gasteiger partial charge in [0.1, 0.15) is 30.1 Å². The molecule has 178 valence electrons. The molecule has 12 heteroatoms. The number of carbonyl (C=O) groups is 4. The first kappa shape index (κ1) is 27.0. The lowest BCUT2D eigenvalue weighted by molar-refractivity contribution is -0.139. The summed E-state index contributed by atoms with van der Waals surface area (Å²) in [4.78, 5) is 46.4. The Morgan fingerprint density at radius 1 is 1.12 bits per heavy atom. The first-order valence-electron chi connectivity index (χ1n) is 9.68. The van der Waals surface area contributed by atoms with Crippen LogP contribution in [0.2, 0.25) is 0 Å². The Morgan fingerprint density at radius 3 is 2.28 bits per heavy atom. The van der Waals surface area contributed by atoms with Crippen LogP contribution < -0.4 is 16.4 Å². The number of aromatic hydroxyl groups is 2. The van der Waals surface area contributed by atoms with Crippen molar-refractivity contribution in [2.75, 3.05) is 12.3 Å². The molecule has 32 heavy (non-hydrogen) atoms. The summed E-state index contributed by atoms with van der Waals surface area (Å²) in [7, 11) is 0. The van der Waals surface area contributed by atoms with Crippen LogP contribution in [-0.4, -0.2) is 68.6 Å². The van der Waals surface area contributed by atoms with E-state index < -0.39 is 47.8 Å². The van der Waals surface area contributed by atoms with Gasteiger partial charge in [0.05, 0.1) is 4.90 Å². The predicted molar refractivity (Wildman–Crippen MR) is 117 cm³/mol. The largest absolute Gasteiger partial charge is 0.508 e. The van der Waals surface area contributed by atoms with E-state index in [0.717, 1.165) is 11.8 Å². The number of aliphatic carboxylic acids is 2.